The van der Waals surface area contributed by atoms with E-state index in [4.69, 9.17) is 14.7 Å². The van der Waals surface area contributed by atoms with Gasteiger partial charge < -0.3 is 9.47 Å². The van der Waals surface area contributed by atoms with E-state index in [1.807, 2.05) is 24.3 Å². The van der Waals surface area contributed by atoms with Crippen molar-refractivity contribution in [3.63, 3.8) is 0 Å². The molecule has 0 N–H and O–H groups in total. The summed E-state index contributed by atoms with van der Waals surface area (Å²) in [5, 5.41) is 8.27. The first-order chi connectivity index (χ1) is 7.93. The minimum Gasteiger partial charge on any atom is -0.379 e. The quantitative estimate of drug-likeness (QED) is 0.629. The predicted octanol–water partition coefficient (Wildman–Crippen LogP) is 2.18. The molecule has 3 heteroatoms. The lowest BCUT2D eigenvalue weighted by molar-refractivity contribution is 0.0510. The minimum atomic E-state index is 0.448. The molecular formula is C13H17NO2. The van der Waals surface area contributed by atoms with Gasteiger partial charge in [0.25, 0.3) is 0 Å². The average molecular weight is 219 g/mol. The van der Waals surface area contributed by atoms with E-state index < -0.39 is 0 Å². The third-order valence-electron chi connectivity index (χ3n) is 2.11. The topological polar surface area (TPSA) is 42.2 Å². The molecule has 1 rings (SSSR count). The zero-order valence-electron chi connectivity index (χ0n) is 9.39. The summed E-state index contributed by atoms with van der Waals surface area (Å²) in [6, 6.07) is 12.3. The van der Waals surface area contributed by atoms with Gasteiger partial charge in [-0.15, -0.1) is 0 Å². The van der Waals surface area contributed by atoms with Crippen molar-refractivity contribution in [3.05, 3.63) is 35.9 Å². The molecule has 3 nitrogen and oxygen atoms in total. The summed E-state index contributed by atoms with van der Waals surface area (Å²) < 4.78 is 10.6. The third-order valence-corrected chi connectivity index (χ3v) is 2.11. The normalized spacial score (nSPS) is 9.94. The van der Waals surface area contributed by atoms with Gasteiger partial charge >= 0.3 is 0 Å². The van der Waals surface area contributed by atoms with Gasteiger partial charge in [0, 0.05) is 0 Å². The van der Waals surface area contributed by atoms with Crippen molar-refractivity contribution in [1.29, 1.82) is 5.26 Å². The van der Waals surface area contributed by atoms with Crippen LogP contribution >= 0.6 is 0 Å². The van der Waals surface area contributed by atoms with E-state index in [1.165, 1.54) is 5.56 Å². The van der Waals surface area contributed by atoms with Crippen LogP contribution in [0.3, 0.4) is 0 Å². The van der Waals surface area contributed by atoms with Gasteiger partial charge in [-0.05, 0) is 12.0 Å². The molecule has 0 fully saturated rings. The van der Waals surface area contributed by atoms with Gasteiger partial charge in [-0.1, -0.05) is 30.3 Å². The van der Waals surface area contributed by atoms with Crippen LogP contribution < -0.4 is 0 Å². The fourth-order valence-electron chi connectivity index (χ4n) is 1.27. The van der Waals surface area contributed by atoms with E-state index in [1.54, 1.807) is 0 Å². The Kier molecular flexibility index (Phi) is 7.06. The van der Waals surface area contributed by atoms with Crippen LogP contribution in [0.4, 0.5) is 0 Å². The largest absolute Gasteiger partial charge is 0.379 e. The summed E-state index contributed by atoms with van der Waals surface area (Å²) in [5.41, 5.74) is 1.29. The monoisotopic (exact) mass is 219 g/mol. The molecule has 0 saturated carbocycles. The Morgan fingerprint density at radius 2 is 1.62 bits per heavy atom. The Morgan fingerprint density at radius 3 is 2.31 bits per heavy atom. The molecule has 0 amide bonds. The summed E-state index contributed by atoms with van der Waals surface area (Å²) in [4.78, 5) is 0. The average Bonchev–Trinajstić information content (AvgIpc) is 2.34. The molecule has 0 heterocycles. The van der Waals surface area contributed by atoms with Crippen molar-refractivity contribution in [2.45, 2.75) is 12.8 Å². The van der Waals surface area contributed by atoms with Crippen molar-refractivity contribution in [2.75, 3.05) is 26.4 Å². The number of ether oxygens (including phenoxy) is 2. The fraction of sp³-hybridized carbons (Fsp3) is 0.462. The molecule has 0 aliphatic carbocycles. The highest BCUT2D eigenvalue weighted by Crippen LogP contribution is 1.99. The fourth-order valence-corrected chi connectivity index (χ4v) is 1.27. The number of hydrogen-bond acceptors (Lipinski definition) is 3. The Hall–Kier alpha value is -1.37. The summed E-state index contributed by atoms with van der Waals surface area (Å²) in [5.74, 6) is 0. The lowest BCUT2D eigenvalue weighted by atomic mass is 10.2. The van der Waals surface area contributed by atoms with E-state index in [0.29, 0.717) is 32.8 Å². The molecule has 0 aliphatic rings. The van der Waals surface area contributed by atoms with Crippen molar-refractivity contribution >= 4 is 0 Å². The molecule has 0 aliphatic heterocycles. The van der Waals surface area contributed by atoms with Gasteiger partial charge in [0.1, 0.15) is 0 Å². The van der Waals surface area contributed by atoms with Crippen LogP contribution in [-0.2, 0) is 15.9 Å². The molecule has 0 bridgehead atoms. The molecule has 1 aromatic rings. The summed E-state index contributed by atoms with van der Waals surface area (Å²) in [7, 11) is 0. The Bertz CT molecular complexity index is 305. The SMILES string of the molecule is N#CCCOCCOCCc1ccccc1. The Labute approximate surface area is 96.6 Å². The second-order valence-corrected chi connectivity index (χ2v) is 3.37. The highest BCUT2D eigenvalue weighted by molar-refractivity contribution is 5.14. The molecule has 0 saturated heterocycles. The van der Waals surface area contributed by atoms with Crippen molar-refractivity contribution in [1.82, 2.24) is 0 Å². The number of nitrogens with zero attached hydrogens (tertiary/aromatic N) is 1. The smallest absolute Gasteiger partial charge is 0.0700 e. The van der Waals surface area contributed by atoms with Gasteiger partial charge in [0.05, 0.1) is 38.9 Å². The summed E-state index contributed by atoms with van der Waals surface area (Å²) in [6.45, 7) is 2.37. The number of nitriles is 1. The number of rotatable bonds is 8. The van der Waals surface area contributed by atoms with Gasteiger partial charge in [0.2, 0.25) is 0 Å². The van der Waals surface area contributed by atoms with Crippen LogP contribution in [0.1, 0.15) is 12.0 Å². The van der Waals surface area contributed by atoms with E-state index in [-0.39, 0.29) is 0 Å². The van der Waals surface area contributed by atoms with E-state index in [9.17, 15) is 0 Å². The Balaban J connectivity index is 1.91. The minimum absolute atomic E-state index is 0.448. The maximum atomic E-state index is 8.27. The second-order valence-electron chi connectivity index (χ2n) is 3.37. The van der Waals surface area contributed by atoms with Crippen molar-refractivity contribution < 1.29 is 9.47 Å². The van der Waals surface area contributed by atoms with Gasteiger partial charge in [-0.2, -0.15) is 5.26 Å². The molecule has 0 unspecified atom stereocenters. The summed E-state index contributed by atoms with van der Waals surface area (Å²) in [6.07, 6.45) is 1.38. The lowest BCUT2D eigenvalue weighted by Crippen LogP contribution is -2.07. The van der Waals surface area contributed by atoms with Gasteiger partial charge in [0.15, 0.2) is 0 Å². The highest BCUT2D eigenvalue weighted by Gasteiger charge is 1.92. The zero-order valence-corrected chi connectivity index (χ0v) is 9.39. The first kappa shape index (κ1) is 12.7. The predicted molar refractivity (Wildman–Crippen MR) is 62.0 cm³/mol. The second kappa shape index (κ2) is 8.90. The first-order valence-corrected chi connectivity index (χ1v) is 5.50. The van der Waals surface area contributed by atoms with E-state index >= 15 is 0 Å². The van der Waals surface area contributed by atoms with Gasteiger partial charge in [-0.3, -0.25) is 0 Å². The zero-order chi connectivity index (χ0) is 11.5. The maximum absolute atomic E-state index is 8.27. The van der Waals surface area contributed by atoms with Crippen LogP contribution in [-0.4, -0.2) is 26.4 Å². The van der Waals surface area contributed by atoms with Crippen molar-refractivity contribution in [3.8, 4) is 6.07 Å². The Morgan fingerprint density at radius 1 is 0.938 bits per heavy atom. The van der Waals surface area contributed by atoms with Crippen LogP contribution in [0.2, 0.25) is 0 Å². The van der Waals surface area contributed by atoms with Crippen LogP contribution in [0.25, 0.3) is 0 Å². The summed E-state index contributed by atoms with van der Waals surface area (Å²) >= 11 is 0. The standard InChI is InChI=1S/C13H17NO2/c14-8-4-9-15-11-12-16-10-7-13-5-2-1-3-6-13/h1-3,5-6H,4,7,9-12H2. The van der Waals surface area contributed by atoms with Gasteiger partial charge in [-0.25, -0.2) is 0 Å². The maximum Gasteiger partial charge on any atom is 0.0700 e. The number of hydrogen-bond donors (Lipinski definition) is 0. The molecule has 0 atom stereocenters. The molecule has 0 spiro atoms. The van der Waals surface area contributed by atoms with E-state index in [0.717, 1.165) is 6.42 Å². The molecule has 0 radical (unpaired) electrons. The first-order valence-electron chi connectivity index (χ1n) is 5.50. The molecule has 1 aromatic carbocycles. The van der Waals surface area contributed by atoms with Crippen LogP contribution in [0.5, 0.6) is 0 Å². The van der Waals surface area contributed by atoms with E-state index in [2.05, 4.69) is 12.1 Å². The van der Waals surface area contributed by atoms with Crippen molar-refractivity contribution in [2.24, 2.45) is 0 Å². The third kappa shape index (κ3) is 6.18. The van der Waals surface area contributed by atoms with Crippen LogP contribution in [0, 0.1) is 11.3 Å². The molecule has 0 aromatic heterocycles. The highest BCUT2D eigenvalue weighted by atomic mass is 16.5. The number of benzene rings is 1. The molecular weight excluding hydrogens is 202 g/mol. The molecule has 86 valence electrons. The van der Waals surface area contributed by atoms with Crippen LogP contribution in [0.15, 0.2) is 30.3 Å². The molecule has 16 heavy (non-hydrogen) atoms. The lowest BCUT2D eigenvalue weighted by Gasteiger charge is -2.04.